The van der Waals surface area contributed by atoms with E-state index < -0.39 is 11.8 Å². The molecule has 0 bridgehead atoms. The van der Waals surface area contributed by atoms with Crippen molar-refractivity contribution in [2.75, 3.05) is 13.2 Å². The van der Waals surface area contributed by atoms with Crippen LogP contribution in [0, 0.1) is 12.7 Å². The summed E-state index contributed by atoms with van der Waals surface area (Å²) in [5.74, 6) is -0.977. The molecule has 0 fully saturated rings. The fraction of sp³-hybridized carbons (Fsp3) is 0.188. The van der Waals surface area contributed by atoms with Gasteiger partial charge in [-0.05, 0) is 30.7 Å². The van der Waals surface area contributed by atoms with Gasteiger partial charge in [0.2, 0.25) is 0 Å². The predicted molar refractivity (Wildman–Crippen MR) is 75.5 cm³/mol. The second kappa shape index (κ2) is 6.74. The first-order chi connectivity index (χ1) is 10.1. The maximum absolute atomic E-state index is 13.1. The van der Waals surface area contributed by atoms with E-state index in [0.29, 0.717) is 0 Å². The molecule has 0 aliphatic carbocycles. The number of carbonyl (C=O) groups is 1. The molecule has 0 aliphatic rings. The van der Waals surface area contributed by atoms with Gasteiger partial charge in [-0.25, -0.2) is 9.18 Å². The second-order valence-electron chi connectivity index (χ2n) is 4.41. The first kappa shape index (κ1) is 14.8. The number of aryl methyl sites for hydroxylation is 1. The maximum Gasteiger partial charge on any atom is 0.339 e. The van der Waals surface area contributed by atoms with Crippen LogP contribution < -0.4 is 9.47 Å². The fourth-order valence-corrected chi connectivity index (χ4v) is 1.81. The van der Waals surface area contributed by atoms with Gasteiger partial charge in [0.15, 0.2) is 0 Å². The standard InChI is InChI=1S/C16H15FO4/c1-11-4-2-3-5-14(11)20-8-9-21-15-10-12(17)6-7-13(15)16(18)19/h2-7,10H,8-9H2,1H3,(H,18,19). The van der Waals surface area contributed by atoms with Gasteiger partial charge in [0, 0.05) is 6.07 Å². The van der Waals surface area contributed by atoms with Gasteiger partial charge in [0.25, 0.3) is 0 Å². The third-order valence-corrected chi connectivity index (χ3v) is 2.87. The Morgan fingerprint density at radius 3 is 2.43 bits per heavy atom. The van der Waals surface area contributed by atoms with Crippen LogP contribution in [-0.4, -0.2) is 24.3 Å². The number of aromatic carboxylic acids is 1. The molecule has 0 aromatic heterocycles. The number of carboxylic acids is 1. The van der Waals surface area contributed by atoms with Crippen molar-refractivity contribution in [1.82, 2.24) is 0 Å². The molecule has 0 aliphatic heterocycles. The van der Waals surface area contributed by atoms with Crippen LogP contribution in [0.4, 0.5) is 4.39 Å². The zero-order chi connectivity index (χ0) is 15.2. The molecule has 0 unspecified atom stereocenters. The molecule has 5 heteroatoms. The first-order valence-electron chi connectivity index (χ1n) is 6.42. The number of benzene rings is 2. The second-order valence-corrected chi connectivity index (χ2v) is 4.41. The molecule has 0 heterocycles. The van der Waals surface area contributed by atoms with Gasteiger partial charge < -0.3 is 14.6 Å². The number of ether oxygens (including phenoxy) is 2. The molecule has 0 saturated heterocycles. The topological polar surface area (TPSA) is 55.8 Å². The van der Waals surface area contributed by atoms with E-state index in [1.807, 2.05) is 31.2 Å². The number of halogens is 1. The van der Waals surface area contributed by atoms with Crippen LogP contribution in [0.5, 0.6) is 11.5 Å². The molecule has 2 aromatic rings. The molecule has 0 atom stereocenters. The van der Waals surface area contributed by atoms with Crippen molar-refractivity contribution in [2.24, 2.45) is 0 Å². The summed E-state index contributed by atoms with van der Waals surface area (Å²) in [5.41, 5.74) is 0.918. The Morgan fingerprint density at radius 1 is 1.10 bits per heavy atom. The Morgan fingerprint density at radius 2 is 1.76 bits per heavy atom. The van der Waals surface area contributed by atoms with E-state index in [2.05, 4.69) is 0 Å². The van der Waals surface area contributed by atoms with Gasteiger partial charge in [0.1, 0.15) is 36.1 Å². The Bertz CT molecular complexity index is 640. The van der Waals surface area contributed by atoms with Crippen LogP contribution in [0.3, 0.4) is 0 Å². The number of hydrogen-bond acceptors (Lipinski definition) is 3. The Balaban J connectivity index is 1.93. The van der Waals surface area contributed by atoms with Crippen molar-refractivity contribution in [3.63, 3.8) is 0 Å². The van der Waals surface area contributed by atoms with Crippen LogP contribution in [0.15, 0.2) is 42.5 Å². The lowest BCUT2D eigenvalue weighted by Gasteiger charge is -2.11. The van der Waals surface area contributed by atoms with Crippen LogP contribution in [0.25, 0.3) is 0 Å². The van der Waals surface area contributed by atoms with Crippen LogP contribution in [-0.2, 0) is 0 Å². The zero-order valence-corrected chi connectivity index (χ0v) is 11.5. The van der Waals surface area contributed by atoms with Crippen molar-refractivity contribution in [3.8, 4) is 11.5 Å². The lowest BCUT2D eigenvalue weighted by Crippen LogP contribution is -2.12. The summed E-state index contributed by atoms with van der Waals surface area (Å²) in [4.78, 5) is 11.0. The summed E-state index contributed by atoms with van der Waals surface area (Å²) in [6.45, 7) is 2.28. The van der Waals surface area contributed by atoms with Crippen molar-refractivity contribution in [1.29, 1.82) is 0 Å². The number of carboxylic acid groups (broad SMARTS) is 1. The van der Waals surface area contributed by atoms with E-state index in [-0.39, 0.29) is 24.5 Å². The van der Waals surface area contributed by atoms with E-state index in [0.717, 1.165) is 23.4 Å². The van der Waals surface area contributed by atoms with Crippen molar-refractivity contribution in [3.05, 3.63) is 59.4 Å². The van der Waals surface area contributed by atoms with E-state index in [4.69, 9.17) is 14.6 Å². The lowest BCUT2D eigenvalue weighted by molar-refractivity contribution is 0.0691. The lowest BCUT2D eigenvalue weighted by atomic mass is 10.2. The minimum atomic E-state index is -1.16. The Labute approximate surface area is 121 Å². The summed E-state index contributed by atoms with van der Waals surface area (Å²) < 4.78 is 24.0. The molecule has 0 saturated carbocycles. The van der Waals surface area contributed by atoms with Crippen LogP contribution in [0.1, 0.15) is 15.9 Å². The highest BCUT2D eigenvalue weighted by atomic mass is 19.1. The molecular formula is C16H15FO4. The van der Waals surface area contributed by atoms with Crippen molar-refractivity contribution < 1.29 is 23.8 Å². The van der Waals surface area contributed by atoms with Gasteiger partial charge >= 0.3 is 5.97 Å². The fourth-order valence-electron chi connectivity index (χ4n) is 1.81. The first-order valence-corrected chi connectivity index (χ1v) is 6.42. The monoisotopic (exact) mass is 290 g/mol. The molecule has 2 aromatic carbocycles. The molecular weight excluding hydrogens is 275 g/mol. The van der Waals surface area contributed by atoms with Gasteiger partial charge in [-0.1, -0.05) is 18.2 Å². The molecule has 21 heavy (non-hydrogen) atoms. The molecule has 0 spiro atoms. The maximum atomic E-state index is 13.1. The van der Waals surface area contributed by atoms with Gasteiger partial charge in [0.05, 0.1) is 0 Å². The normalized spacial score (nSPS) is 10.2. The molecule has 1 N–H and O–H groups in total. The van der Waals surface area contributed by atoms with Crippen molar-refractivity contribution in [2.45, 2.75) is 6.92 Å². The number of para-hydroxylation sites is 1. The van der Waals surface area contributed by atoms with Gasteiger partial charge in [-0.3, -0.25) is 0 Å². The zero-order valence-electron chi connectivity index (χ0n) is 11.5. The third-order valence-electron chi connectivity index (χ3n) is 2.87. The smallest absolute Gasteiger partial charge is 0.339 e. The summed E-state index contributed by atoms with van der Waals surface area (Å²) in [6, 6.07) is 10.8. The highest BCUT2D eigenvalue weighted by molar-refractivity contribution is 5.90. The number of rotatable bonds is 6. The Kier molecular flexibility index (Phi) is 4.77. The largest absolute Gasteiger partial charge is 0.490 e. The predicted octanol–water partition coefficient (Wildman–Crippen LogP) is 3.29. The molecule has 0 radical (unpaired) electrons. The molecule has 2 rings (SSSR count). The van der Waals surface area contributed by atoms with Crippen LogP contribution in [0.2, 0.25) is 0 Å². The Hall–Kier alpha value is -2.56. The van der Waals surface area contributed by atoms with Gasteiger partial charge in [-0.15, -0.1) is 0 Å². The molecule has 4 nitrogen and oxygen atoms in total. The molecule has 110 valence electrons. The highest BCUT2D eigenvalue weighted by Gasteiger charge is 2.12. The van der Waals surface area contributed by atoms with E-state index in [1.54, 1.807) is 0 Å². The average molecular weight is 290 g/mol. The summed E-state index contributed by atoms with van der Waals surface area (Å²) >= 11 is 0. The minimum Gasteiger partial charge on any atom is -0.490 e. The summed E-state index contributed by atoms with van der Waals surface area (Å²) in [6.07, 6.45) is 0. The van der Waals surface area contributed by atoms with Crippen molar-refractivity contribution >= 4 is 5.97 Å². The quantitative estimate of drug-likeness (QED) is 0.829. The minimum absolute atomic E-state index is 0.00381. The average Bonchev–Trinajstić information content (AvgIpc) is 2.45. The summed E-state index contributed by atoms with van der Waals surface area (Å²) in [7, 11) is 0. The van der Waals surface area contributed by atoms with Crippen LogP contribution >= 0.6 is 0 Å². The van der Waals surface area contributed by atoms with E-state index in [1.165, 1.54) is 6.07 Å². The van der Waals surface area contributed by atoms with E-state index >= 15 is 0 Å². The third kappa shape index (κ3) is 3.95. The summed E-state index contributed by atoms with van der Waals surface area (Å²) in [5, 5.41) is 8.99. The molecule has 0 amide bonds. The SMILES string of the molecule is Cc1ccccc1OCCOc1cc(F)ccc1C(=O)O. The van der Waals surface area contributed by atoms with Gasteiger partial charge in [-0.2, -0.15) is 0 Å². The highest BCUT2D eigenvalue weighted by Crippen LogP contribution is 2.20. The van der Waals surface area contributed by atoms with E-state index in [9.17, 15) is 9.18 Å². The number of hydrogen-bond donors (Lipinski definition) is 1.